The lowest BCUT2D eigenvalue weighted by molar-refractivity contribution is -0.113. The number of unbranched alkanes of at least 4 members (excludes halogenated alkanes) is 2. The van der Waals surface area contributed by atoms with Crippen molar-refractivity contribution in [2.75, 3.05) is 0 Å². The average Bonchev–Trinajstić information content (AvgIpc) is 2.76. The number of ketones is 1. The summed E-state index contributed by atoms with van der Waals surface area (Å²) >= 11 is 0. The van der Waals surface area contributed by atoms with Gasteiger partial charge in [-0.1, -0.05) is 24.6 Å². The van der Waals surface area contributed by atoms with Crippen molar-refractivity contribution in [3.8, 4) is 11.1 Å². The molecule has 1 aromatic carbocycles. The van der Waals surface area contributed by atoms with Gasteiger partial charge in [-0.25, -0.2) is 14.4 Å². The van der Waals surface area contributed by atoms with Gasteiger partial charge in [-0.15, -0.1) is 0 Å². The van der Waals surface area contributed by atoms with Gasteiger partial charge in [0.2, 0.25) is 0 Å². The van der Waals surface area contributed by atoms with Crippen LogP contribution in [0.25, 0.3) is 11.1 Å². The Balaban J connectivity index is 1.54. The Morgan fingerprint density at radius 1 is 1.07 bits per heavy atom. The van der Waals surface area contributed by atoms with Crippen LogP contribution in [0.4, 0.5) is 10.2 Å². The lowest BCUT2D eigenvalue weighted by Crippen LogP contribution is -2.09. The van der Waals surface area contributed by atoms with E-state index in [4.69, 9.17) is 0 Å². The molecule has 0 fully saturated rings. The number of aliphatic imine (C=N–C) groups is 1. The monoisotopic (exact) mass is 403 g/mol. The van der Waals surface area contributed by atoms with Crippen LogP contribution in [-0.2, 0) is 11.2 Å². The first-order chi connectivity index (χ1) is 14.5. The standard InChI is InChI=1S/C25H26FN3O/c1-18-16-21(22-9-6-7-10-23(22)26)17-28-25(18)29-19(2)24(30)11-5-3-4-8-20-12-14-27-15-13-20/h6-7,9-10,12-17H,3-5,8,11H2,1-2H3. The van der Waals surface area contributed by atoms with Crippen LogP contribution in [0.3, 0.4) is 0 Å². The molecule has 0 saturated carbocycles. The molecule has 0 saturated heterocycles. The van der Waals surface area contributed by atoms with Gasteiger partial charge in [0.05, 0.1) is 5.71 Å². The number of rotatable bonds is 9. The van der Waals surface area contributed by atoms with Crippen molar-refractivity contribution in [3.05, 3.63) is 78.0 Å². The fraction of sp³-hybridized carbons (Fsp3) is 0.280. The van der Waals surface area contributed by atoms with Crippen LogP contribution in [-0.4, -0.2) is 21.5 Å². The minimum Gasteiger partial charge on any atom is -0.293 e. The Kier molecular flexibility index (Phi) is 7.55. The lowest BCUT2D eigenvalue weighted by atomic mass is 10.0. The van der Waals surface area contributed by atoms with Gasteiger partial charge in [0.25, 0.3) is 0 Å². The van der Waals surface area contributed by atoms with E-state index in [1.807, 2.05) is 25.1 Å². The van der Waals surface area contributed by atoms with Gasteiger partial charge in [0, 0.05) is 36.1 Å². The SMILES string of the molecule is CC(=Nc1ncc(-c2ccccc2F)cc1C)C(=O)CCCCCc1ccncc1. The maximum atomic E-state index is 14.0. The number of nitrogens with zero attached hydrogens (tertiary/aromatic N) is 3. The molecule has 154 valence electrons. The smallest absolute Gasteiger partial charge is 0.176 e. The summed E-state index contributed by atoms with van der Waals surface area (Å²) in [7, 11) is 0. The topological polar surface area (TPSA) is 55.2 Å². The molecule has 0 aliphatic carbocycles. The first-order valence-electron chi connectivity index (χ1n) is 10.2. The molecule has 0 radical (unpaired) electrons. The molecule has 3 rings (SSSR count). The fourth-order valence-corrected chi connectivity index (χ4v) is 3.27. The van der Waals surface area contributed by atoms with Crippen LogP contribution >= 0.6 is 0 Å². The molecule has 3 aromatic rings. The maximum Gasteiger partial charge on any atom is 0.176 e. The summed E-state index contributed by atoms with van der Waals surface area (Å²) in [5, 5.41) is 0. The summed E-state index contributed by atoms with van der Waals surface area (Å²) in [6, 6.07) is 12.5. The van der Waals surface area contributed by atoms with Gasteiger partial charge in [0.1, 0.15) is 5.82 Å². The van der Waals surface area contributed by atoms with Crippen molar-refractivity contribution in [1.29, 1.82) is 0 Å². The van der Waals surface area contributed by atoms with Gasteiger partial charge in [0.15, 0.2) is 11.6 Å². The highest BCUT2D eigenvalue weighted by molar-refractivity contribution is 6.39. The van der Waals surface area contributed by atoms with Crippen molar-refractivity contribution in [2.45, 2.75) is 46.0 Å². The molecular weight excluding hydrogens is 377 g/mol. The molecule has 0 aliphatic rings. The number of carbonyl (C=O) groups excluding carboxylic acids is 1. The van der Waals surface area contributed by atoms with Gasteiger partial charge in [-0.3, -0.25) is 9.78 Å². The van der Waals surface area contributed by atoms with E-state index < -0.39 is 0 Å². The fourth-order valence-electron chi connectivity index (χ4n) is 3.27. The second-order valence-corrected chi connectivity index (χ2v) is 7.38. The first-order valence-corrected chi connectivity index (χ1v) is 10.2. The maximum absolute atomic E-state index is 14.0. The molecule has 0 aliphatic heterocycles. The molecule has 5 heteroatoms. The Labute approximate surface area is 176 Å². The summed E-state index contributed by atoms with van der Waals surface area (Å²) in [6.07, 6.45) is 9.58. The van der Waals surface area contributed by atoms with Crippen molar-refractivity contribution >= 4 is 17.3 Å². The third-order valence-corrected chi connectivity index (χ3v) is 5.03. The van der Waals surface area contributed by atoms with E-state index in [0.717, 1.165) is 31.2 Å². The minimum atomic E-state index is -0.287. The first kappa shape index (κ1) is 21.5. The predicted molar refractivity (Wildman–Crippen MR) is 119 cm³/mol. The zero-order chi connectivity index (χ0) is 21.3. The van der Waals surface area contributed by atoms with E-state index in [2.05, 4.69) is 15.0 Å². The molecule has 0 atom stereocenters. The average molecular weight is 404 g/mol. The summed E-state index contributed by atoms with van der Waals surface area (Å²) in [4.78, 5) is 25.2. The van der Waals surface area contributed by atoms with Crippen LogP contribution in [0, 0.1) is 12.7 Å². The number of hydrogen-bond acceptors (Lipinski definition) is 4. The largest absolute Gasteiger partial charge is 0.293 e. The van der Waals surface area contributed by atoms with E-state index in [1.165, 1.54) is 11.6 Å². The van der Waals surface area contributed by atoms with Crippen LogP contribution in [0.15, 0.2) is 66.0 Å². The number of aryl methyl sites for hydroxylation is 2. The Morgan fingerprint density at radius 2 is 1.83 bits per heavy atom. The normalized spacial score (nSPS) is 11.5. The highest BCUT2D eigenvalue weighted by Gasteiger charge is 2.10. The van der Waals surface area contributed by atoms with Crippen LogP contribution in [0.2, 0.25) is 0 Å². The second kappa shape index (κ2) is 10.5. The Hall–Kier alpha value is -3.21. The lowest BCUT2D eigenvalue weighted by Gasteiger charge is -2.07. The number of pyridine rings is 2. The van der Waals surface area contributed by atoms with Gasteiger partial charge < -0.3 is 0 Å². The number of halogens is 1. The van der Waals surface area contributed by atoms with Crippen molar-refractivity contribution in [1.82, 2.24) is 9.97 Å². The third kappa shape index (κ3) is 5.89. The van der Waals surface area contributed by atoms with Crippen LogP contribution < -0.4 is 0 Å². The molecule has 0 N–H and O–H groups in total. The van der Waals surface area contributed by atoms with E-state index in [0.29, 0.717) is 29.1 Å². The Bertz CT molecular complexity index is 1030. The molecule has 30 heavy (non-hydrogen) atoms. The minimum absolute atomic E-state index is 0.0401. The molecule has 2 heterocycles. The second-order valence-electron chi connectivity index (χ2n) is 7.38. The van der Waals surface area contributed by atoms with Gasteiger partial charge in [-0.2, -0.15) is 0 Å². The van der Waals surface area contributed by atoms with Crippen LogP contribution in [0.5, 0.6) is 0 Å². The summed E-state index contributed by atoms with van der Waals surface area (Å²) in [5.41, 5.74) is 3.74. The van der Waals surface area contributed by atoms with E-state index in [9.17, 15) is 9.18 Å². The highest BCUT2D eigenvalue weighted by atomic mass is 19.1. The zero-order valence-corrected chi connectivity index (χ0v) is 17.4. The molecule has 4 nitrogen and oxygen atoms in total. The third-order valence-electron chi connectivity index (χ3n) is 5.03. The number of Topliss-reactive ketones (excluding diaryl/α,β-unsaturated/α-hetero) is 1. The predicted octanol–water partition coefficient (Wildman–Crippen LogP) is 6.06. The molecule has 0 amide bonds. The number of benzene rings is 1. The summed E-state index contributed by atoms with van der Waals surface area (Å²) in [5.74, 6) is 0.252. The van der Waals surface area contributed by atoms with Crippen LogP contribution in [0.1, 0.15) is 43.7 Å². The van der Waals surface area contributed by atoms with E-state index in [1.54, 1.807) is 43.7 Å². The Morgan fingerprint density at radius 3 is 2.57 bits per heavy atom. The van der Waals surface area contributed by atoms with E-state index in [-0.39, 0.29) is 11.6 Å². The number of aromatic nitrogens is 2. The molecule has 2 aromatic heterocycles. The molecular formula is C25H26FN3O. The van der Waals surface area contributed by atoms with Crippen molar-refractivity contribution in [3.63, 3.8) is 0 Å². The molecule has 0 spiro atoms. The molecule has 0 unspecified atom stereocenters. The molecule has 0 bridgehead atoms. The highest BCUT2D eigenvalue weighted by Crippen LogP contribution is 2.26. The number of carbonyl (C=O) groups is 1. The van der Waals surface area contributed by atoms with E-state index >= 15 is 0 Å². The quantitative estimate of drug-likeness (QED) is 0.322. The van der Waals surface area contributed by atoms with Crippen molar-refractivity contribution < 1.29 is 9.18 Å². The van der Waals surface area contributed by atoms with Crippen molar-refractivity contribution in [2.24, 2.45) is 4.99 Å². The van der Waals surface area contributed by atoms with Gasteiger partial charge in [-0.05, 0) is 68.5 Å². The summed E-state index contributed by atoms with van der Waals surface area (Å²) in [6.45, 7) is 3.60. The summed E-state index contributed by atoms with van der Waals surface area (Å²) < 4.78 is 14.0. The van der Waals surface area contributed by atoms with Gasteiger partial charge >= 0.3 is 0 Å². The number of hydrogen-bond donors (Lipinski definition) is 0. The zero-order valence-electron chi connectivity index (χ0n) is 17.4.